The highest BCUT2D eigenvalue weighted by Gasteiger charge is 2.60. The molecule has 8 nitrogen and oxygen atoms in total. The summed E-state index contributed by atoms with van der Waals surface area (Å²) in [6.45, 7) is 5.12. The van der Waals surface area contributed by atoms with Gasteiger partial charge in [0.25, 0.3) is 0 Å². The fraction of sp³-hybridized carbons (Fsp3) is 0.778. The summed E-state index contributed by atoms with van der Waals surface area (Å²) < 4.78 is 0. The Bertz CT molecular complexity index is 626. The van der Waals surface area contributed by atoms with Crippen LogP contribution in [-0.4, -0.2) is 75.4 Å². The lowest BCUT2D eigenvalue weighted by molar-refractivity contribution is -0.163. The highest BCUT2D eigenvalue weighted by Crippen LogP contribution is 2.51. The van der Waals surface area contributed by atoms with E-state index >= 15 is 0 Å². The van der Waals surface area contributed by atoms with E-state index in [-0.39, 0.29) is 35.5 Å². The second-order valence-corrected chi connectivity index (χ2v) is 9.00. The lowest BCUT2D eigenvalue weighted by Crippen LogP contribution is -2.63. The summed E-state index contributed by atoms with van der Waals surface area (Å²) >= 11 is 1.58. The molecule has 6 atom stereocenters. The van der Waals surface area contributed by atoms with Gasteiger partial charge in [0, 0.05) is 28.7 Å². The van der Waals surface area contributed by atoms with Crippen molar-refractivity contribution in [1.29, 1.82) is 0 Å². The van der Waals surface area contributed by atoms with Crippen molar-refractivity contribution in [3.8, 4) is 0 Å². The van der Waals surface area contributed by atoms with Gasteiger partial charge < -0.3 is 25.5 Å². The quantitative estimate of drug-likeness (QED) is 0.207. The molecule has 0 spiro atoms. The number of thioether (sulfide) groups is 1. The number of carboxylic acid groups (broad SMARTS) is 1. The number of rotatable bonds is 9. The first-order chi connectivity index (χ1) is 12.9. The Morgan fingerprint density at radius 2 is 2.22 bits per heavy atom. The lowest BCUT2D eigenvalue weighted by Gasteiger charge is -2.46. The van der Waals surface area contributed by atoms with Gasteiger partial charge in [0.15, 0.2) is 0 Å². The standard InChI is InChI=1S/C18H29N3O5S/c1-9-14-13(10(2)23)17(24)21(14)15(18(25)26)16(9)27-12-6-11(20-7-12)4-3-5-19-8-22/h9-14,19-20,22-23H,3-8H2,1-2H3,(H,25,26)/t9-,10-,11+,12+,13-,14-/m1/s1. The van der Waals surface area contributed by atoms with E-state index in [1.807, 2.05) is 6.92 Å². The Labute approximate surface area is 163 Å². The van der Waals surface area contributed by atoms with Gasteiger partial charge >= 0.3 is 5.97 Å². The van der Waals surface area contributed by atoms with Crippen LogP contribution in [0.5, 0.6) is 0 Å². The first-order valence-electron chi connectivity index (χ1n) is 9.57. The molecule has 27 heavy (non-hydrogen) atoms. The number of β-lactam (4-membered cyclic amide) rings is 1. The number of carbonyl (C=O) groups excluding carboxylic acids is 1. The Balaban J connectivity index is 1.64. The molecule has 0 aliphatic carbocycles. The average Bonchev–Trinajstić information content (AvgIpc) is 3.14. The first kappa shape index (κ1) is 20.6. The lowest BCUT2D eigenvalue weighted by atomic mass is 9.79. The van der Waals surface area contributed by atoms with E-state index in [0.717, 1.165) is 37.3 Å². The normalized spacial score (nSPS) is 34.0. The van der Waals surface area contributed by atoms with Crippen molar-refractivity contribution in [1.82, 2.24) is 15.5 Å². The zero-order chi connectivity index (χ0) is 19.7. The maximum atomic E-state index is 12.4. The molecular weight excluding hydrogens is 370 g/mol. The van der Waals surface area contributed by atoms with E-state index in [1.54, 1.807) is 18.7 Å². The van der Waals surface area contributed by atoms with Crippen LogP contribution < -0.4 is 10.6 Å². The minimum atomic E-state index is -1.07. The third kappa shape index (κ3) is 3.88. The van der Waals surface area contributed by atoms with Crippen LogP contribution in [0.25, 0.3) is 0 Å². The summed E-state index contributed by atoms with van der Waals surface area (Å²) in [4.78, 5) is 26.4. The highest BCUT2D eigenvalue weighted by atomic mass is 32.2. The number of hydrogen-bond donors (Lipinski definition) is 5. The average molecular weight is 400 g/mol. The monoisotopic (exact) mass is 399 g/mol. The molecule has 152 valence electrons. The molecular formula is C18H29N3O5S. The minimum Gasteiger partial charge on any atom is -0.477 e. The number of aliphatic hydroxyl groups excluding tert-OH is 2. The first-order valence-corrected chi connectivity index (χ1v) is 10.4. The largest absolute Gasteiger partial charge is 0.477 e. The summed E-state index contributed by atoms with van der Waals surface area (Å²) in [5.41, 5.74) is 0.106. The van der Waals surface area contributed by atoms with Gasteiger partial charge in [-0.3, -0.25) is 10.1 Å². The Kier molecular flexibility index (Phi) is 6.47. The molecule has 3 heterocycles. The number of carbonyl (C=O) groups is 2. The summed E-state index contributed by atoms with van der Waals surface area (Å²) in [6, 6.07) is 0.137. The van der Waals surface area contributed by atoms with Gasteiger partial charge in [-0.05, 0) is 32.7 Å². The van der Waals surface area contributed by atoms with Crippen LogP contribution in [0.1, 0.15) is 33.1 Å². The molecule has 1 amide bonds. The Morgan fingerprint density at radius 3 is 2.85 bits per heavy atom. The molecule has 0 aromatic rings. The number of carboxylic acids is 1. The van der Waals surface area contributed by atoms with Crippen molar-refractivity contribution in [2.24, 2.45) is 11.8 Å². The number of fused-ring (bicyclic) bond motifs is 1. The third-order valence-corrected chi connectivity index (χ3v) is 7.32. The Morgan fingerprint density at radius 1 is 1.48 bits per heavy atom. The van der Waals surface area contributed by atoms with E-state index in [2.05, 4.69) is 10.6 Å². The predicted molar refractivity (Wildman–Crippen MR) is 102 cm³/mol. The second kappa shape index (κ2) is 8.48. The minimum absolute atomic E-state index is 0.00951. The fourth-order valence-corrected chi connectivity index (χ4v) is 6.02. The molecule has 3 aliphatic rings. The van der Waals surface area contributed by atoms with Gasteiger partial charge in [0.05, 0.1) is 24.8 Å². The zero-order valence-electron chi connectivity index (χ0n) is 15.7. The molecule has 0 aromatic heterocycles. The SMILES string of the molecule is C[C@@H](O)[C@H]1C(=O)N2C(C(=O)O)=C(S[C@@H]3CN[C@@H](CCCNCO)C3)[C@H](C)[C@H]12. The van der Waals surface area contributed by atoms with Crippen molar-refractivity contribution in [3.05, 3.63) is 10.6 Å². The van der Waals surface area contributed by atoms with Crippen molar-refractivity contribution in [2.75, 3.05) is 19.8 Å². The van der Waals surface area contributed by atoms with Crippen molar-refractivity contribution in [3.63, 3.8) is 0 Å². The van der Waals surface area contributed by atoms with E-state index in [4.69, 9.17) is 5.11 Å². The van der Waals surface area contributed by atoms with Crippen molar-refractivity contribution >= 4 is 23.6 Å². The summed E-state index contributed by atoms with van der Waals surface area (Å²) in [5.74, 6) is -1.94. The number of aliphatic carboxylic acids is 1. The van der Waals surface area contributed by atoms with Gasteiger partial charge in [-0.2, -0.15) is 0 Å². The fourth-order valence-electron chi connectivity index (χ4n) is 4.50. The highest BCUT2D eigenvalue weighted by molar-refractivity contribution is 8.03. The Hall–Kier alpha value is -1.13. The molecule has 3 rings (SSSR count). The van der Waals surface area contributed by atoms with E-state index < -0.39 is 18.0 Å². The van der Waals surface area contributed by atoms with Crippen LogP contribution in [0.2, 0.25) is 0 Å². The van der Waals surface area contributed by atoms with Gasteiger partial charge in [-0.1, -0.05) is 6.92 Å². The van der Waals surface area contributed by atoms with Gasteiger partial charge in [-0.25, -0.2) is 4.79 Å². The van der Waals surface area contributed by atoms with E-state index in [1.165, 1.54) is 4.90 Å². The second-order valence-electron chi connectivity index (χ2n) is 7.65. The molecule has 2 saturated heterocycles. The molecule has 2 fully saturated rings. The summed E-state index contributed by atoms with van der Waals surface area (Å²) in [5, 5.41) is 35.0. The van der Waals surface area contributed by atoms with Gasteiger partial charge in [0.2, 0.25) is 5.91 Å². The molecule has 0 radical (unpaired) electrons. The molecule has 5 N–H and O–H groups in total. The zero-order valence-corrected chi connectivity index (χ0v) is 16.5. The van der Waals surface area contributed by atoms with Crippen LogP contribution in [0.3, 0.4) is 0 Å². The molecule has 0 unspecified atom stereocenters. The number of amides is 1. The van der Waals surface area contributed by atoms with Crippen LogP contribution >= 0.6 is 11.8 Å². The molecule has 0 saturated carbocycles. The summed E-state index contributed by atoms with van der Waals surface area (Å²) in [6.07, 6.45) is 2.15. The molecule has 0 bridgehead atoms. The number of nitrogens with zero attached hydrogens (tertiary/aromatic N) is 1. The van der Waals surface area contributed by atoms with Crippen molar-refractivity contribution in [2.45, 2.75) is 56.5 Å². The van der Waals surface area contributed by atoms with Crippen LogP contribution in [0.15, 0.2) is 10.6 Å². The summed E-state index contributed by atoms with van der Waals surface area (Å²) in [7, 11) is 0. The van der Waals surface area contributed by atoms with Gasteiger partial charge in [-0.15, -0.1) is 11.8 Å². The van der Waals surface area contributed by atoms with Crippen LogP contribution in [-0.2, 0) is 9.59 Å². The molecule has 3 aliphatic heterocycles. The van der Waals surface area contributed by atoms with Crippen molar-refractivity contribution < 1.29 is 24.9 Å². The van der Waals surface area contributed by atoms with E-state index in [0.29, 0.717) is 6.04 Å². The number of nitrogens with one attached hydrogen (secondary N) is 2. The maximum Gasteiger partial charge on any atom is 0.353 e. The van der Waals surface area contributed by atoms with Crippen LogP contribution in [0.4, 0.5) is 0 Å². The number of hydrogen-bond acceptors (Lipinski definition) is 7. The van der Waals surface area contributed by atoms with Crippen LogP contribution in [0, 0.1) is 11.8 Å². The maximum absolute atomic E-state index is 12.4. The molecule has 9 heteroatoms. The van der Waals surface area contributed by atoms with E-state index in [9.17, 15) is 19.8 Å². The van der Waals surface area contributed by atoms with Gasteiger partial charge in [0.1, 0.15) is 5.70 Å². The smallest absolute Gasteiger partial charge is 0.353 e. The topological polar surface area (TPSA) is 122 Å². The molecule has 0 aromatic carbocycles. The number of aliphatic hydroxyl groups is 2. The predicted octanol–water partition coefficient (Wildman–Crippen LogP) is -0.0766. The third-order valence-electron chi connectivity index (χ3n) is 5.80.